The van der Waals surface area contributed by atoms with Gasteiger partial charge in [-0.1, -0.05) is 0 Å². The van der Waals surface area contributed by atoms with Gasteiger partial charge in [-0.2, -0.15) is 5.10 Å². The molecule has 9 nitrogen and oxygen atoms in total. The predicted octanol–water partition coefficient (Wildman–Crippen LogP) is 1.88. The number of carbonyl (C=O) groups is 3. The van der Waals surface area contributed by atoms with Crippen molar-refractivity contribution in [3.05, 3.63) is 65.7 Å². The van der Waals surface area contributed by atoms with E-state index in [4.69, 9.17) is 4.42 Å². The lowest BCUT2D eigenvalue weighted by Crippen LogP contribution is -2.18. The van der Waals surface area contributed by atoms with Crippen LogP contribution in [0, 0.1) is 0 Å². The Morgan fingerprint density at radius 1 is 1.00 bits per heavy atom. The molecule has 0 aliphatic carbocycles. The van der Waals surface area contributed by atoms with E-state index in [2.05, 4.69) is 21.0 Å². The van der Waals surface area contributed by atoms with Crippen LogP contribution < -0.4 is 16.0 Å². The highest BCUT2D eigenvalue weighted by Crippen LogP contribution is 2.15. The molecule has 0 spiro atoms. The number of aromatic nitrogens is 2. The fourth-order valence-electron chi connectivity index (χ4n) is 2.33. The van der Waals surface area contributed by atoms with Crippen molar-refractivity contribution in [1.82, 2.24) is 15.1 Å². The Labute approximate surface area is 154 Å². The van der Waals surface area contributed by atoms with Crippen LogP contribution >= 0.6 is 0 Å². The van der Waals surface area contributed by atoms with Crippen molar-refractivity contribution >= 4 is 29.2 Å². The monoisotopic (exact) mass is 367 g/mol. The van der Waals surface area contributed by atoms with E-state index in [0.717, 1.165) is 0 Å². The third kappa shape index (κ3) is 4.03. The zero-order valence-corrected chi connectivity index (χ0v) is 14.6. The fraction of sp³-hybridized carbons (Fsp3) is 0.111. The lowest BCUT2D eigenvalue weighted by Gasteiger charge is -2.04. The molecule has 9 heteroatoms. The minimum absolute atomic E-state index is 0.127. The van der Waals surface area contributed by atoms with Crippen molar-refractivity contribution in [2.45, 2.75) is 0 Å². The number of amides is 3. The number of anilines is 2. The molecule has 3 amide bonds. The molecule has 2 aromatic heterocycles. The summed E-state index contributed by atoms with van der Waals surface area (Å²) in [4.78, 5) is 35.9. The van der Waals surface area contributed by atoms with E-state index in [1.165, 1.54) is 23.1 Å². The minimum atomic E-state index is -0.447. The molecule has 0 radical (unpaired) electrons. The van der Waals surface area contributed by atoms with Crippen molar-refractivity contribution in [2.24, 2.45) is 7.05 Å². The predicted molar refractivity (Wildman–Crippen MR) is 97.7 cm³/mol. The highest BCUT2D eigenvalue weighted by atomic mass is 16.3. The second-order valence-corrected chi connectivity index (χ2v) is 5.58. The number of nitrogens with one attached hydrogen (secondary N) is 3. The number of benzene rings is 1. The third-order valence-corrected chi connectivity index (χ3v) is 3.73. The number of rotatable bonds is 5. The fourth-order valence-corrected chi connectivity index (χ4v) is 2.33. The lowest BCUT2D eigenvalue weighted by atomic mass is 10.2. The second-order valence-electron chi connectivity index (χ2n) is 5.58. The molecule has 2 heterocycles. The molecule has 0 aliphatic heterocycles. The molecule has 3 rings (SSSR count). The van der Waals surface area contributed by atoms with E-state index in [1.54, 1.807) is 44.4 Å². The highest BCUT2D eigenvalue weighted by Gasteiger charge is 2.16. The molecule has 0 fully saturated rings. The molecule has 27 heavy (non-hydrogen) atoms. The summed E-state index contributed by atoms with van der Waals surface area (Å²) in [6.07, 6.45) is 1.40. The number of nitrogens with zero attached hydrogens (tertiary/aromatic N) is 2. The summed E-state index contributed by atoms with van der Waals surface area (Å²) in [6.45, 7) is 0. The summed E-state index contributed by atoms with van der Waals surface area (Å²) in [6, 6.07) is 11.0. The van der Waals surface area contributed by atoms with E-state index in [1.807, 2.05) is 0 Å². The molecule has 0 atom stereocenters. The summed E-state index contributed by atoms with van der Waals surface area (Å²) >= 11 is 0. The Bertz CT molecular complexity index is 974. The molecule has 0 aliphatic rings. The number of furan rings is 1. The number of carbonyl (C=O) groups excluding carboxylic acids is 3. The first-order chi connectivity index (χ1) is 13.0. The van der Waals surface area contributed by atoms with Gasteiger partial charge in [0, 0.05) is 31.4 Å². The van der Waals surface area contributed by atoms with Gasteiger partial charge in [0.05, 0.1) is 6.26 Å². The van der Waals surface area contributed by atoms with Gasteiger partial charge in [0.15, 0.2) is 11.5 Å². The van der Waals surface area contributed by atoms with Crippen molar-refractivity contribution in [1.29, 1.82) is 0 Å². The summed E-state index contributed by atoms with van der Waals surface area (Å²) in [5, 5.41) is 11.9. The lowest BCUT2D eigenvalue weighted by molar-refractivity contribution is 0.0961. The molecule has 3 aromatic rings. The molecule has 1 aromatic carbocycles. The van der Waals surface area contributed by atoms with E-state index < -0.39 is 11.8 Å². The van der Waals surface area contributed by atoms with Gasteiger partial charge >= 0.3 is 0 Å². The zero-order chi connectivity index (χ0) is 19.4. The average molecular weight is 367 g/mol. The Balaban J connectivity index is 1.68. The molecule has 3 N–H and O–H groups in total. The maximum absolute atomic E-state index is 12.4. The van der Waals surface area contributed by atoms with E-state index in [0.29, 0.717) is 17.1 Å². The molecule has 0 bridgehead atoms. The Kier molecular flexibility index (Phi) is 5.02. The van der Waals surface area contributed by atoms with Crippen LogP contribution in [0.3, 0.4) is 0 Å². The molecular weight excluding hydrogens is 350 g/mol. The first-order valence-corrected chi connectivity index (χ1v) is 8.00. The Morgan fingerprint density at radius 3 is 2.37 bits per heavy atom. The van der Waals surface area contributed by atoms with Gasteiger partial charge in [-0.25, -0.2) is 0 Å². The first kappa shape index (κ1) is 17.9. The summed E-state index contributed by atoms with van der Waals surface area (Å²) < 4.78 is 6.41. The molecule has 0 unspecified atom stereocenters. The van der Waals surface area contributed by atoms with Gasteiger partial charge in [-0.15, -0.1) is 0 Å². The smallest absolute Gasteiger partial charge is 0.292 e. The van der Waals surface area contributed by atoms with E-state index in [-0.39, 0.29) is 17.4 Å². The second kappa shape index (κ2) is 7.56. The molecule has 0 saturated heterocycles. The normalized spacial score (nSPS) is 10.3. The first-order valence-electron chi connectivity index (χ1n) is 8.00. The Morgan fingerprint density at radius 2 is 1.74 bits per heavy atom. The summed E-state index contributed by atoms with van der Waals surface area (Å²) in [5.41, 5.74) is 1.12. The van der Waals surface area contributed by atoms with Crippen LogP contribution in [0.4, 0.5) is 11.5 Å². The summed E-state index contributed by atoms with van der Waals surface area (Å²) in [7, 11) is 3.15. The van der Waals surface area contributed by atoms with Crippen LogP contribution in [-0.4, -0.2) is 34.5 Å². The maximum Gasteiger partial charge on any atom is 0.292 e. The standard InChI is InChI=1S/C18H17N5O4/c1-19-16(24)11-5-7-12(8-6-11)20-17(25)13-10-15(23(2)22-13)21-18(26)14-4-3-9-27-14/h3-10H,1-2H3,(H,19,24)(H,20,25)(H,21,26). The number of hydrogen-bond acceptors (Lipinski definition) is 5. The number of aryl methyl sites for hydroxylation is 1. The van der Waals surface area contributed by atoms with E-state index >= 15 is 0 Å². The third-order valence-electron chi connectivity index (χ3n) is 3.73. The van der Waals surface area contributed by atoms with Gasteiger partial charge < -0.3 is 20.4 Å². The average Bonchev–Trinajstić information content (AvgIpc) is 3.32. The van der Waals surface area contributed by atoms with Gasteiger partial charge in [-0.3, -0.25) is 19.1 Å². The molecular formula is C18H17N5O4. The van der Waals surface area contributed by atoms with Crippen LogP contribution in [0.2, 0.25) is 0 Å². The largest absolute Gasteiger partial charge is 0.459 e. The van der Waals surface area contributed by atoms with Crippen LogP contribution in [-0.2, 0) is 7.05 Å². The minimum Gasteiger partial charge on any atom is -0.459 e. The Hall–Kier alpha value is -3.88. The van der Waals surface area contributed by atoms with Crippen LogP contribution in [0.25, 0.3) is 0 Å². The quantitative estimate of drug-likeness (QED) is 0.636. The van der Waals surface area contributed by atoms with Crippen molar-refractivity contribution in [2.75, 3.05) is 17.7 Å². The van der Waals surface area contributed by atoms with Crippen LogP contribution in [0.1, 0.15) is 31.4 Å². The zero-order valence-electron chi connectivity index (χ0n) is 14.6. The van der Waals surface area contributed by atoms with Crippen LogP contribution in [0.5, 0.6) is 0 Å². The van der Waals surface area contributed by atoms with Gasteiger partial charge in [-0.05, 0) is 36.4 Å². The van der Waals surface area contributed by atoms with Crippen molar-refractivity contribution in [3.63, 3.8) is 0 Å². The van der Waals surface area contributed by atoms with E-state index in [9.17, 15) is 14.4 Å². The molecule has 138 valence electrons. The van der Waals surface area contributed by atoms with Crippen LogP contribution in [0.15, 0.2) is 53.1 Å². The van der Waals surface area contributed by atoms with Crippen molar-refractivity contribution in [3.8, 4) is 0 Å². The van der Waals surface area contributed by atoms with Crippen molar-refractivity contribution < 1.29 is 18.8 Å². The maximum atomic E-state index is 12.4. The van der Waals surface area contributed by atoms with Gasteiger partial charge in [0.2, 0.25) is 0 Å². The number of hydrogen-bond donors (Lipinski definition) is 3. The van der Waals surface area contributed by atoms with Gasteiger partial charge in [0.25, 0.3) is 17.7 Å². The van der Waals surface area contributed by atoms with Gasteiger partial charge in [0.1, 0.15) is 5.82 Å². The molecule has 0 saturated carbocycles. The SMILES string of the molecule is CNC(=O)c1ccc(NC(=O)c2cc(NC(=O)c3ccco3)n(C)n2)cc1. The summed E-state index contributed by atoms with van der Waals surface area (Å²) in [5.74, 6) is -0.610. The topological polar surface area (TPSA) is 118 Å². The highest BCUT2D eigenvalue weighted by molar-refractivity contribution is 6.05.